The van der Waals surface area contributed by atoms with Crippen LogP contribution in [0.15, 0.2) is 28.8 Å². The van der Waals surface area contributed by atoms with Crippen LogP contribution in [0.2, 0.25) is 5.02 Å². The van der Waals surface area contributed by atoms with Crippen LogP contribution in [-0.4, -0.2) is 10.3 Å². The normalized spacial score (nSPS) is 10.6. The number of rotatable bonds is 2. The number of aliphatic hydroxyl groups excluding tert-OH is 1. The Hall–Kier alpha value is -1.39. The van der Waals surface area contributed by atoms with Crippen molar-refractivity contribution >= 4 is 11.6 Å². The van der Waals surface area contributed by atoms with Crippen LogP contribution in [0.4, 0.5) is 4.39 Å². The molecular weight excluding hydrogens is 221 g/mol. The van der Waals surface area contributed by atoms with Crippen molar-refractivity contribution in [3.05, 3.63) is 40.8 Å². The van der Waals surface area contributed by atoms with Gasteiger partial charge in [0, 0.05) is 11.1 Å². The van der Waals surface area contributed by atoms with Crippen LogP contribution >= 0.6 is 11.6 Å². The van der Waals surface area contributed by atoms with Gasteiger partial charge in [-0.15, -0.1) is 0 Å². The lowest BCUT2D eigenvalue weighted by molar-refractivity contribution is 0.267. The number of aromatic nitrogens is 1. The molecule has 0 aliphatic carbocycles. The molecule has 2 rings (SSSR count). The van der Waals surface area contributed by atoms with Gasteiger partial charge in [0.15, 0.2) is 5.76 Å². The van der Waals surface area contributed by atoms with Crippen LogP contribution in [0.1, 0.15) is 5.69 Å². The van der Waals surface area contributed by atoms with Crippen LogP contribution in [0.25, 0.3) is 11.3 Å². The fourth-order valence-electron chi connectivity index (χ4n) is 1.20. The zero-order valence-electron chi connectivity index (χ0n) is 7.58. The summed E-state index contributed by atoms with van der Waals surface area (Å²) in [7, 11) is 0. The first-order chi connectivity index (χ1) is 7.20. The molecule has 0 spiro atoms. The van der Waals surface area contributed by atoms with E-state index in [1.54, 1.807) is 0 Å². The van der Waals surface area contributed by atoms with E-state index in [0.717, 1.165) is 0 Å². The minimum absolute atomic E-state index is 0.231. The third-order valence-corrected chi connectivity index (χ3v) is 2.15. The third kappa shape index (κ3) is 2.00. The maximum atomic E-state index is 13.4. The van der Waals surface area contributed by atoms with Crippen molar-refractivity contribution in [2.24, 2.45) is 0 Å². The minimum Gasteiger partial charge on any atom is -0.390 e. The van der Waals surface area contributed by atoms with Gasteiger partial charge in [-0.2, -0.15) is 0 Å². The molecule has 3 nitrogen and oxygen atoms in total. The molecule has 15 heavy (non-hydrogen) atoms. The van der Waals surface area contributed by atoms with E-state index < -0.39 is 5.82 Å². The highest BCUT2D eigenvalue weighted by Gasteiger charge is 2.11. The van der Waals surface area contributed by atoms with Crippen LogP contribution in [0, 0.1) is 5.82 Å². The van der Waals surface area contributed by atoms with Crippen LogP contribution < -0.4 is 0 Å². The topological polar surface area (TPSA) is 46.3 Å². The summed E-state index contributed by atoms with van der Waals surface area (Å²) in [4.78, 5) is 0. The number of nitrogens with zero attached hydrogens (tertiary/aromatic N) is 1. The van der Waals surface area contributed by atoms with Crippen molar-refractivity contribution < 1.29 is 14.0 Å². The van der Waals surface area contributed by atoms with E-state index in [0.29, 0.717) is 10.7 Å². The molecule has 0 saturated heterocycles. The maximum absolute atomic E-state index is 13.4. The maximum Gasteiger partial charge on any atom is 0.170 e. The zero-order valence-corrected chi connectivity index (χ0v) is 8.33. The molecule has 0 amide bonds. The predicted octanol–water partition coefficient (Wildman–Crippen LogP) is 2.63. The van der Waals surface area contributed by atoms with E-state index in [1.807, 2.05) is 0 Å². The molecule has 0 atom stereocenters. The Morgan fingerprint density at radius 3 is 2.87 bits per heavy atom. The first-order valence-electron chi connectivity index (χ1n) is 4.22. The van der Waals surface area contributed by atoms with Gasteiger partial charge < -0.3 is 9.63 Å². The van der Waals surface area contributed by atoms with E-state index in [2.05, 4.69) is 5.16 Å². The van der Waals surface area contributed by atoms with Crippen molar-refractivity contribution in [1.82, 2.24) is 5.16 Å². The smallest absolute Gasteiger partial charge is 0.170 e. The number of hydrogen-bond donors (Lipinski definition) is 1. The minimum atomic E-state index is -0.444. The molecule has 0 aliphatic rings. The van der Waals surface area contributed by atoms with Crippen molar-refractivity contribution in [1.29, 1.82) is 0 Å². The number of halogens is 2. The quantitative estimate of drug-likeness (QED) is 0.858. The first kappa shape index (κ1) is 10.1. The van der Waals surface area contributed by atoms with Crippen LogP contribution in [0.5, 0.6) is 0 Å². The average molecular weight is 228 g/mol. The average Bonchev–Trinajstić information content (AvgIpc) is 2.70. The summed E-state index contributed by atoms with van der Waals surface area (Å²) in [5, 5.41) is 12.7. The molecule has 5 heteroatoms. The fourth-order valence-corrected chi connectivity index (χ4v) is 1.37. The third-order valence-electron chi connectivity index (χ3n) is 1.91. The van der Waals surface area contributed by atoms with Crippen molar-refractivity contribution in [3.8, 4) is 11.3 Å². The van der Waals surface area contributed by atoms with E-state index in [-0.39, 0.29) is 17.9 Å². The summed E-state index contributed by atoms with van der Waals surface area (Å²) in [6.45, 7) is -0.244. The molecule has 0 saturated carbocycles. The standard InChI is InChI=1S/C10H7ClFNO2/c11-6-1-2-9(12)8(3-6)10-4-7(5-14)13-15-10/h1-4,14H,5H2. The zero-order chi connectivity index (χ0) is 10.8. The number of benzene rings is 1. The lowest BCUT2D eigenvalue weighted by Gasteiger charge is -1.98. The monoisotopic (exact) mass is 227 g/mol. The molecule has 2 aromatic rings. The van der Waals surface area contributed by atoms with E-state index >= 15 is 0 Å². The van der Waals surface area contributed by atoms with Crippen molar-refractivity contribution in [3.63, 3.8) is 0 Å². The molecule has 0 fully saturated rings. The second-order valence-corrected chi connectivity index (χ2v) is 3.40. The van der Waals surface area contributed by atoms with Gasteiger partial charge in [-0.1, -0.05) is 16.8 Å². The molecule has 78 valence electrons. The van der Waals surface area contributed by atoms with Gasteiger partial charge in [-0.05, 0) is 18.2 Å². The van der Waals surface area contributed by atoms with Gasteiger partial charge in [0.1, 0.15) is 11.5 Å². The second kappa shape index (κ2) is 4.00. The molecule has 1 aromatic carbocycles. The fraction of sp³-hybridized carbons (Fsp3) is 0.100. The van der Waals surface area contributed by atoms with E-state index in [1.165, 1.54) is 24.3 Å². The lowest BCUT2D eigenvalue weighted by Crippen LogP contribution is -1.82. The summed E-state index contributed by atoms with van der Waals surface area (Å²) in [6.07, 6.45) is 0. The Bertz CT molecular complexity index is 484. The number of aliphatic hydroxyl groups is 1. The highest BCUT2D eigenvalue weighted by atomic mass is 35.5. The van der Waals surface area contributed by atoms with Crippen molar-refractivity contribution in [2.75, 3.05) is 0 Å². The second-order valence-electron chi connectivity index (χ2n) is 2.96. The van der Waals surface area contributed by atoms with Gasteiger partial charge in [-0.25, -0.2) is 4.39 Å². The van der Waals surface area contributed by atoms with E-state index in [4.69, 9.17) is 21.2 Å². The van der Waals surface area contributed by atoms with Gasteiger partial charge in [0.25, 0.3) is 0 Å². The highest BCUT2D eigenvalue weighted by Crippen LogP contribution is 2.26. The Labute approximate surface area is 90.1 Å². The summed E-state index contributed by atoms with van der Waals surface area (Å²) in [5.41, 5.74) is 0.582. The first-order valence-corrected chi connectivity index (χ1v) is 4.60. The lowest BCUT2D eigenvalue weighted by atomic mass is 10.1. The van der Waals surface area contributed by atoms with Gasteiger partial charge >= 0.3 is 0 Å². The molecule has 0 unspecified atom stereocenters. The molecule has 0 bridgehead atoms. The van der Waals surface area contributed by atoms with Gasteiger partial charge in [-0.3, -0.25) is 0 Å². The Balaban J connectivity index is 2.48. The van der Waals surface area contributed by atoms with Gasteiger partial charge in [0.05, 0.1) is 12.2 Å². The molecule has 0 radical (unpaired) electrons. The largest absolute Gasteiger partial charge is 0.390 e. The molecule has 1 heterocycles. The summed E-state index contributed by atoms with van der Waals surface area (Å²) < 4.78 is 18.2. The molecule has 1 N–H and O–H groups in total. The van der Waals surface area contributed by atoms with E-state index in [9.17, 15) is 4.39 Å². The summed E-state index contributed by atoms with van der Waals surface area (Å²) in [5.74, 6) is -0.195. The Morgan fingerprint density at radius 1 is 1.40 bits per heavy atom. The van der Waals surface area contributed by atoms with Crippen LogP contribution in [-0.2, 0) is 6.61 Å². The van der Waals surface area contributed by atoms with Gasteiger partial charge in [0.2, 0.25) is 0 Å². The Kier molecular flexibility index (Phi) is 2.70. The predicted molar refractivity (Wildman–Crippen MR) is 52.8 cm³/mol. The SMILES string of the molecule is OCc1cc(-c2cc(Cl)ccc2F)on1. The molecule has 0 aliphatic heterocycles. The van der Waals surface area contributed by atoms with Crippen LogP contribution in [0.3, 0.4) is 0 Å². The Morgan fingerprint density at radius 2 is 2.20 bits per heavy atom. The highest BCUT2D eigenvalue weighted by molar-refractivity contribution is 6.30. The molecule has 1 aromatic heterocycles. The van der Waals surface area contributed by atoms with Crippen molar-refractivity contribution in [2.45, 2.75) is 6.61 Å². The summed E-state index contributed by atoms with van der Waals surface area (Å²) in [6, 6.07) is 5.61. The molecular formula is C10H7ClFNO2. The number of hydrogen-bond acceptors (Lipinski definition) is 3. The summed E-state index contributed by atoms with van der Waals surface area (Å²) >= 11 is 5.73.